The zero-order chi connectivity index (χ0) is 16.4. The molecule has 7 heteroatoms. The van der Waals surface area contributed by atoms with E-state index in [0.717, 1.165) is 16.9 Å². The van der Waals surface area contributed by atoms with Gasteiger partial charge in [0.15, 0.2) is 10.9 Å². The molecule has 0 saturated heterocycles. The van der Waals surface area contributed by atoms with Crippen LogP contribution in [0, 0.1) is 6.92 Å². The van der Waals surface area contributed by atoms with Crippen molar-refractivity contribution in [1.29, 1.82) is 0 Å². The van der Waals surface area contributed by atoms with Crippen molar-refractivity contribution in [2.45, 2.75) is 13.8 Å². The normalized spacial score (nSPS) is 10.5. The van der Waals surface area contributed by atoms with Crippen LogP contribution in [0.15, 0.2) is 40.9 Å². The van der Waals surface area contributed by atoms with Gasteiger partial charge < -0.3 is 4.52 Å². The van der Waals surface area contributed by atoms with Crippen LogP contribution in [0.25, 0.3) is 11.3 Å². The minimum absolute atomic E-state index is 0.0997. The molecule has 23 heavy (non-hydrogen) atoms. The van der Waals surface area contributed by atoms with Gasteiger partial charge in [-0.25, -0.2) is 4.98 Å². The van der Waals surface area contributed by atoms with E-state index in [1.54, 1.807) is 6.92 Å². The summed E-state index contributed by atoms with van der Waals surface area (Å²) in [7, 11) is 0. The van der Waals surface area contributed by atoms with Crippen LogP contribution in [0.3, 0.4) is 0 Å². The van der Waals surface area contributed by atoms with Gasteiger partial charge in [0.1, 0.15) is 0 Å². The number of Topliss-reactive ketones (excluding diaryl/α,β-unsaturated/α-hetero) is 1. The molecule has 0 fully saturated rings. The van der Waals surface area contributed by atoms with E-state index < -0.39 is 5.91 Å². The first-order valence-corrected chi connectivity index (χ1v) is 7.68. The van der Waals surface area contributed by atoms with Gasteiger partial charge in [-0.1, -0.05) is 46.8 Å². The molecule has 1 N–H and O–H groups in total. The minimum Gasteiger partial charge on any atom is -0.351 e. The Balaban J connectivity index is 1.92. The van der Waals surface area contributed by atoms with E-state index >= 15 is 0 Å². The third kappa shape index (κ3) is 3.19. The predicted octanol–water partition coefficient (Wildman–Crippen LogP) is 3.56. The molecule has 1 amide bonds. The standard InChI is InChI=1S/C16H13N3O3S/c1-9-8-12(22-19-9)15(21)18-16-17-13(14(23-16)10(2)20)11-6-4-3-5-7-11/h3-8H,1-2H3,(H,17,18,21). The number of hydrogen-bond donors (Lipinski definition) is 1. The van der Waals surface area contributed by atoms with Crippen molar-refractivity contribution < 1.29 is 14.1 Å². The van der Waals surface area contributed by atoms with Crippen LogP contribution < -0.4 is 5.32 Å². The van der Waals surface area contributed by atoms with Crippen molar-refractivity contribution in [2.75, 3.05) is 5.32 Å². The third-order valence-electron chi connectivity index (χ3n) is 3.07. The van der Waals surface area contributed by atoms with Gasteiger partial charge in [-0.3, -0.25) is 14.9 Å². The molecule has 2 aromatic heterocycles. The van der Waals surface area contributed by atoms with Crippen LogP contribution in [-0.4, -0.2) is 21.8 Å². The summed E-state index contributed by atoms with van der Waals surface area (Å²) in [6.45, 7) is 3.20. The second-order valence-corrected chi connectivity index (χ2v) is 5.90. The number of aryl methyl sites for hydroxylation is 1. The maximum atomic E-state index is 12.1. The Hall–Kier alpha value is -2.80. The van der Waals surface area contributed by atoms with E-state index in [1.165, 1.54) is 13.0 Å². The summed E-state index contributed by atoms with van der Waals surface area (Å²) < 4.78 is 4.92. The Bertz CT molecular complexity index is 868. The number of hydrogen-bond acceptors (Lipinski definition) is 6. The first kappa shape index (κ1) is 15.1. The molecule has 0 aliphatic rings. The van der Waals surface area contributed by atoms with Gasteiger partial charge in [-0.2, -0.15) is 0 Å². The Morgan fingerprint density at radius 2 is 1.96 bits per heavy atom. The Morgan fingerprint density at radius 3 is 2.57 bits per heavy atom. The van der Waals surface area contributed by atoms with Crippen molar-refractivity contribution in [3.63, 3.8) is 0 Å². The van der Waals surface area contributed by atoms with Gasteiger partial charge in [0.2, 0.25) is 5.76 Å². The van der Waals surface area contributed by atoms with Crippen LogP contribution in [0.1, 0.15) is 32.8 Å². The van der Waals surface area contributed by atoms with Gasteiger partial charge in [0, 0.05) is 18.6 Å². The molecule has 6 nitrogen and oxygen atoms in total. The van der Waals surface area contributed by atoms with E-state index in [1.807, 2.05) is 30.3 Å². The zero-order valence-electron chi connectivity index (χ0n) is 12.5. The number of anilines is 1. The number of nitrogens with zero attached hydrogens (tertiary/aromatic N) is 2. The number of benzene rings is 1. The lowest BCUT2D eigenvalue weighted by Gasteiger charge is -1.98. The van der Waals surface area contributed by atoms with Crippen molar-refractivity contribution in [1.82, 2.24) is 10.1 Å². The molecule has 2 heterocycles. The van der Waals surface area contributed by atoms with Gasteiger partial charge in [0.25, 0.3) is 5.91 Å². The lowest BCUT2D eigenvalue weighted by Crippen LogP contribution is -2.10. The number of ketones is 1. The number of aromatic nitrogens is 2. The number of rotatable bonds is 4. The number of carbonyl (C=O) groups is 2. The van der Waals surface area contributed by atoms with Crippen LogP contribution in [0.2, 0.25) is 0 Å². The summed E-state index contributed by atoms with van der Waals surface area (Å²) in [5.41, 5.74) is 2.00. The summed E-state index contributed by atoms with van der Waals surface area (Å²) in [4.78, 5) is 28.8. The number of nitrogens with one attached hydrogen (secondary N) is 1. The van der Waals surface area contributed by atoms with Crippen molar-refractivity contribution in [2.24, 2.45) is 0 Å². The summed E-state index contributed by atoms with van der Waals surface area (Å²) in [5.74, 6) is -0.449. The highest BCUT2D eigenvalue weighted by atomic mass is 32.1. The SMILES string of the molecule is CC(=O)c1sc(NC(=O)c2cc(C)no2)nc1-c1ccccc1. The van der Waals surface area contributed by atoms with E-state index in [-0.39, 0.29) is 11.5 Å². The van der Waals surface area contributed by atoms with Gasteiger partial charge in [0.05, 0.1) is 16.3 Å². The highest BCUT2D eigenvalue weighted by molar-refractivity contribution is 7.18. The topological polar surface area (TPSA) is 85.1 Å². The van der Waals surface area contributed by atoms with Crippen LogP contribution in [0.4, 0.5) is 5.13 Å². The van der Waals surface area contributed by atoms with E-state index in [0.29, 0.717) is 21.4 Å². The monoisotopic (exact) mass is 327 g/mol. The fourth-order valence-electron chi connectivity index (χ4n) is 2.03. The minimum atomic E-state index is -0.450. The lowest BCUT2D eigenvalue weighted by atomic mass is 10.1. The largest absolute Gasteiger partial charge is 0.351 e. The average molecular weight is 327 g/mol. The van der Waals surface area contributed by atoms with E-state index in [2.05, 4.69) is 15.5 Å². The fourth-order valence-corrected chi connectivity index (χ4v) is 2.91. The van der Waals surface area contributed by atoms with Crippen LogP contribution in [-0.2, 0) is 0 Å². The molecule has 0 atom stereocenters. The van der Waals surface area contributed by atoms with E-state index in [4.69, 9.17) is 4.52 Å². The predicted molar refractivity (Wildman–Crippen MR) is 86.7 cm³/mol. The molecule has 0 unspecified atom stereocenters. The fraction of sp³-hybridized carbons (Fsp3) is 0.125. The average Bonchev–Trinajstić information content (AvgIpc) is 3.15. The Labute approximate surface area is 136 Å². The molecule has 0 aliphatic carbocycles. The quantitative estimate of drug-likeness (QED) is 0.741. The molecular weight excluding hydrogens is 314 g/mol. The molecule has 0 aliphatic heterocycles. The van der Waals surface area contributed by atoms with Crippen molar-refractivity contribution >= 4 is 28.2 Å². The Kier molecular flexibility index (Phi) is 4.03. The molecule has 0 bridgehead atoms. The first-order valence-electron chi connectivity index (χ1n) is 6.86. The molecule has 0 saturated carbocycles. The number of carbonyl (C=O) groups excluding carboxylic acids is 2. The summed E-state index contributed by atoms with van der Waals surface area (Å²) in [6, 6.07) is 10.9. The molecule has 0 radical (unpaired) electrons. The number of amides is 1. The highest BCUT2D eigenvalue weighted by Gasteiger charge is 2.19. The molecule has 0 spiro atoms. The van der Waals surface area contributed by atoms with Crippen molar-refractivity contribution in [3.05, 3.63) is 52.7 Å². The van der Waals surface area contributed by atoms with Crippen LogP contribution >= 0.6 is 11.3 Å². The molecule has 1 aromatic carbocycles. The summed E-state index contributed by atoms with van der Waals surface area (Å²) in [5, 5.41) is 6.65. The summed E-state index contributed by atoms with van der Waals surface area (Å²) in [6.07, 6.45) is 0. The smallest absolute Gasteiger partial charge is 0.296 e. The van der Waals surface area contributed by atoms with Gasteiger partial charge >= 0.3 is 0 Å². The summed E-state index contributed by atoms with van der Waals surface area (Å²) >= 11 is 1.14. The van der Waals surface area contributed by atoms with Crippen molar-refractivity contribution in [3.8, 4) is 11.3 Å². The molecule has 3 aromatic rings. The highest BCUT2D eigenvalue weighted by Crippen LogP contribution is 2.31. The first-order chi connectivity index (χ1) is 11.0. The second kappa shape index (κ2) is 6.13. The van der Waals surface area contributed by atoms with Gasteiger partial charge in [-0.15, -0.1) is 0 Å². The Morgan fingerprint density at radius 1 is 1.22 bits per heavy atom. The number of thiazole rings is 1. The molecule has 3 rings (SSSR count). The maximum absolute atomic E-state index is 12.1. The third-order valence-corrected chi connectivity index (χ3v) is 4.14. The van der Waals surface area contributed by atoms with E-state index in [9.17, 15) is 9.59 Å². The molecule has 116 valence electrons. The lowest BCUT2D eigenvalue weighted by molar-refractivity contribution is 0.0986. The van der Waals surface area contributed by atoms with Crippen LogP contribution in [0.5, 0.6) is 0 Å². The zero-order valence-corrected chi connectivity index (χ0v) is 13.3. The molecular formula is C16H13N3O3S. The van der Waals surface area contributed by atoms with Gasteiger partial charge in [-0.05, 0) is 6.92 Å². The second-order valence-electron chi connectivity index (χ2n) is 4.91. The maximum Gasteiger partial charge on any atom is 0.296 e.